The van der Waals surface area contributed by atoms with E-state index in [1.807, 2.05) is 6.07 Å². The molecule has 1 fully saturated rings. The van der Waals surface area contributed by atoms with Crippen LogP contribution in [0.5, 0.6) is 0 Å². The highest BCUT2D eigenvalue weighted by atomic mass is 35.5. The third-order valence-corrected chi connectivity index (χ3v) is 7.12. The summed E-state index contributed by atoms with van der Waals surface area (Å²) in [5.74, 6) is -0.804. The van der Waals surface area contributed by atoms with Crippen molar-refractivity contribution in [3.05, 3.63) is 65.2 Å². The first-order valence-corrected chi connectivity index (χ1v) is 10.7. The first-order valence-electron chi connectivity index (χ1n) is 8.64. The molecule has 0 radical (unpaired) electrons. The molecule has 0 N–H and O–H groups in total. The molecule has 2 nitrogen and oxygen atoms in total. The average molecular weight is 381 g/mol. The van der Waals surface area contributed by atoms with E-state index >= 15 is 4.39 Å². The minimum atomic E-state index is -3.77. The van der Waals surface area contributed by atoms with Crippen LogP contribution in [-0.2, 0) is 15.5 Å². The van der Waals surface area contributed by atoms with Crippen LogP contribution in [0.3, 0.4) is 0 Å². The van der Waals surface area contributed by atoms with Gasteiger partial charge < -0.3 is 0 Å². The summed E-state index contributed by atoms with van der Waals surface area (Å²) in [5, 5.41) is 0.459. The fourth-order valence-electron chi connectivity index (χ4n) is 3.71. The number of rotatable bonds is 5. The van der Waals surface area contributed by atoms with Gasteiger partial charge in [0.1, 0.15) is 0 Å². The highest BCUT2D eigenvalue weighted by Crippen LogP contribution is 2.44. The fourth-order valence-corrected chi connectivity index (χ4v) is 5.51. The molecular weight excluding hydrogens is 359 g/mol. The maximum Gasteiger partial charge on any atom is 0.181 e. The molecule has 0 heterocycles. The second-order valence-corrected chi connectivity index (χ2v) is 9.20. The van der Waals surface area contributed by atoms with Crippen molar-refractivity contribution >= 4 is 21.4 Å². The maximum atomic E-state index is 16.3. The Morgan fingerprint density at radius 1 is 0.960 bits per heavy atom. The molecule has 0 amide bonds. The van der Waals surface area contributed by atoms with E-state index in [4.69, 9.17) is 11.6 Å². The van der Waals surface area contributed by atoms with Gasteiger partial charge in [-0.25, -0.2) is 12.8 Å². The van der Waals surface area contributed by atoms with Gasteiger partial charge in [0.2, 0.25) is 0 Å². The van der Waals surface area contributed by atoms with Gasteiger partial charge in [0.25, 0.3) is 0 Å². The smallest absolute Gasteiger partial charge is 0.181 e. The van der Waals surface area contributed by atoms with Crippen LogP contribution in [0.2, 0.25) is 5.02 Å². The van der Waals surface area contributed by atoms with E-state index < -0.39 is 21.3 Å². The molecule has 3 rings (SSSR count). The Hall–Kier alpha value is -1.39. The summed E-state index contributed by atoms with van der Waals surface area (Å²) in [7, 11) is -3.77. The molecule has 2 aromatic carbocycles. The summed E-state index contributed by atoms with van der Waals surface area (Å²) in [5.41, 5.74) is -1.42. The normalized spacial score (nSPS) is 18.6. The molecule has 0 aliphatic heterocycles. The van der Waals surface area contributed by atoms with Gasteiger partial charge in [0.05, 0.1) is 10.6 Å². The lowest BCUT2D eigenvalue weighted by atomic mass is 9.75. The SMILES string of the molecule is O=S(=O)(CC(F)(c1ccccc1)C1CCCCC1)c1ccc(Cl)cc1. The molecule has 134 valence electrons. The highest BCUT2D eigenvalue weighted by Gasteiger charge is 2.45. The second-order valence-electron chi connectivity index (χ2n) is 6.78. The van der Waals surface area contributed by atoms with E-state index in [9.17, 15) is 8.42 Å². The molecule has 0 spiro atoms. The van der Waals surface area contributed by atoms with Gasteiger partial charge in [0, 0.05) is 5.02 Å². The van der Waals surface area contributed by atoms with Crippen LogP contribution in [0.4, 0.5) is 4.39 Å². The number of alkyl halides is 1. The van der Waals surface area contributed by atoms with Crippen molar-refractivity contribution in [1.29, 1.82) is 0 Å². The van der Waals surface area contributed by atoms with Gasteiger partial charge >= 0.3 is 0 Å². The van der Waals surface area contributed by atoms with Crippen LogP contribution in [0, 0.1) is 5.92 Å². The predicted octanol–water partition coefficient (Wildman–Crippen LogP) is 5.56. The quantitative estimate of drug-likeness (QED) is 0.680. The van der Waals surface area contributed by atoms with E-state index in [0.29, 0.717) is 10.6 Å². The first kappa shape index (κ1) is 18.4. The molecule has 1 aliphatic rings. The Kier molecular flexibility index (Phi) is 5.49. The first-order chi connectivity index (χ1) is 11.9. The Bertz CT molecular complexity index is 799. The zero-order chi connectivity index (χ0) is 17.9. The topological polar surface area (TPSA) is 34.1 Å². The van der Waals surface area contributed by atoms with E-state index in [1.165, 1.54) is 24.3 Å². The summed E-state index contributed by atoms with van der Waals surface area (Å²) >= 11 is 5.84. The highest BCUT2D eigenvalue weighted by molar-refractivity contribution is 7.91. The van der Waals surface area contributed by atoms with Gasteiger partial charge in [-0.3, -0.25) is 0 Å². The van der Waals surface area contributed by atoms with Crippen LogP contribution in [-0.4, -0.2) is 14.2 Å². The molecule has 5 heteroatoms. The van der Waals surface area contributed by atoms with Gasteiger partial charge in [0.15, 0.2) is 15.5 Å². The van der Waals surface area contributed by atoms with E-state index in [0.717, 1.165) is 32.1 Å². The van der Waals surface area contributed by atoms with Gasteiger partial charge in [-0.1, -0.05) is 61.2 Å². The molecule has 0 saturated heterocycles. The number of halogens is 2. The summed E-state index contributed by atoms with van der Waals surface area (Å²) < 4.78 is 42.0. The number of hydrogen-bond acceptors (Lipinski definition) is 2. The minimum Gasteiger partial charge on any atom is -0.237 e. The van der Waals surface area contributed by atoms with Crippen LogP contribution in [0.15, 0.2) is 59.5 Å². The van der Waals surface area contributed by atoms with Crippen molar-refractivity contribution < 1.29 is 12.8 Å². The Morgan fingerprint density at radius 2 is 1.56 bits per heavy atom. The second kappa shape index (κ2) is 7.46. The molecule has 1 atom stereocenters. The molecule has 1 saturated carbocycles. The summed E-state index contributed by atoms with van der Waals surface area (Å²) in [4.78, 5) is 0.116. The van der Waals surface area contributed by atoms with Gasteiger partial charge in [-0.05, 0) is 48.6 Å². The average Bonchev–Trinajstić information content (AvgIpc) is 2.63. The third-order valence-electron chi connectivity index (χ3n) is 5.08. The van der Waals surface area contributed by atoms with Crippen molar-refractivity contribution in [3.8, 4) is 0 Å². The van der Waals surface area contributed by atoms with Crippen LogP contribution in [0.25, 0.3) is 0 Å². The lowest BCUT2D eigenvalue weighted by molar-refractivity contribution is 0.0757. The summed E-state index contributed by atoms with van der Waals surface area (Å²) in [6, 6.07) is 14.7. The minimum absolute atomic E-state index is 0.116. The number of benzene rings is 2. The fraction of sp³-hybridized carbons (Fsp3) is 0.400. The van der Waals surface area contributed by atoms with Gasteiger partial charge in [-0.2, -0.15) is 0 Å². The lowest BCUT2D eigenvalue weighted by Gasteiger charge is -2.36. The maximum absolute atomic E-state index is 16.3. The monoisotopic (exact) mass is 380 g/mol. The molecule has 0 bridgehead atoms. The van der Waals surface area contributed by atoms with Crippen molar-refractivity contribution in [1.82, 2.24) is 0 Å². The Balaban J connectivity index is 1.98. The third kappa shape index (κ3) is 4.06. The number of hydrogen-bond donors (Lipinski definition) is 0. The molecule has 0 aromatic heterocycles. The number of sulfone groups is 1. The standard InChI is InChI=1S/C20H22ClFO2S/c21-18-11-13-19(14-12-18)25(23,24)15-20(22,16-7-3-1-4-8-16)17-9-5-2-6-10-17/h1,3-4,7-8,11-14,17H,2,5-6,9-10,15H2. The predicted molar refractivity (Wildman–Crippen MR) is 99.3 cm³/mol. The lowest BCUT2D eigenvalue weighted by Crippen LogP contribution is -2.39. The van der Waals surface area contributed by atoms with Crippen molar-refractivity contribution in [2.75, 3.05) is 5.75 Å². The molecule has 1 aliphatic carbocycles. The van der Waals surface area contributed by atoms with Crippen LogP contribution in [0.1, 0.15) is 37.7 Å². The zero-order valence-corrected chi connectivity index (χ0v) is 15.6. The largest absolute Gasteiger partial charge is 0.237 e. The van der Waals surface area contributed by atoms with Crippen molar-refractivity contribution in [2.24, 2.45) is 5.92 Å². The Labute approximate surface area is 153 Å². The van der Waals surface area contributed by atoms with E-state index in [-0.39, 0.29) is 10.8 Å². The summed E-state index contributed by atoms with van der Waals surface area (Å²) in [6.07, 6.45) is 4.43. The zero-order valence-electron chi connectivity index (χ0n) is 14.0. The molecule has 1 unspecified atom stereocenters. The van der Waals surface area contributed by atoms with Crippen LogP contribution < -0.4 is 0 Å². The molecular formula is C20H22ClFO2S. The van der Waals surface area contributed by atoms with Crippen molar-refractivity contribution in [3.63, 3.8) is 0 Å². The Morgan fingerprint density at radius 3 is 2.16 bits per heavy atom. The van der Waals surface area contributed by atoms with E-state index in [1.54, 1.807) is 24.3 Å². The van der Waals surface area contributed by atoms with E-state index in [2.05, 4.69) is 0 Å². The summed E-state index contributed by atoms with van der Waals surface area (Å²) in [6.45, 7) is 0. The van der Waals surface area contributed by atoms with Crippen LogP contribution >= 0.6 is 11.6 Å². The molecule has 25 heavy (non-hydrogen) atoms. The van der Waals surface area contributed by atoms with Gasteiger partial charge in [-0.15, -0.1) is 0 Å². The molecule has 2 aromatic rings. The van der Waals surface area contributed by atoms with Crippen molar-refractivity contribution in [2.45, 2.75) is 42.7 Å².